The summed E-state index contributed by atoms with van der Waals surface area (Å²) in [4.78, 5) is 14.3. The lowest BCUT2D eigenvalue weighted by Gasteiger charge is -2.18. The number of ether oxygens (including phenoxy) is 2. The van der Waals surface area contributed by atoms with E-state index >= 15 is 0 Å². The molecule has 0 aromatic heterocycles. The lowest BCUT2D eigenvalue weighted by Crippen LogP contribution is -2.34. The van der Waals surface area contributed by atoms with Gasteiger partial charge in [0.25, 0.3) is 5.91 Å². The van der Waals surface area contributed by atoms with E-state index in [1.54, 1.807) is 12.1 Å². The first-order valence-electron chi connectivity index (χ1n) is 6.75. The van der Waals surface area contributed by atoms with Crippen LogP contribution >= 0.6 is 11.6 Å². The van der Waals surface area contributed by atoms with Crippen LogP contribution in [0.3, 0.4) is 0 Å². The highest BCUT2D eigenvalue weighted by atomic mass is 35.5. The molecule has 110 valence electrons. The highest BCUT2D eigenvalue weighted by molar-refractivity contribution is 6.32. The van der Waals surface area contributed by atoms with E-state index in [4.69, 9.17) is 21.1 Å². The van der Waals surface area contributed by atoms with Crippen molar-refractivity contribution in [3.63, 3.8) is 0 Å². The van der Waals surface area contributed by atoms with Crippen LogP contribution in [0.4, 0.5) is 0 Å². The molecule has 1 aromatic carbocycles. The van der Waals surface area contributed by atoms with Gasteiger partial charge in [-0.15, -0.1) is 0 Å². The molecule has 1 heterocycles. The van der Waals surface area contributed by atoms with Crippen molar-refractivity contribution in [2.45, 2.75) is 13.8 Å². The molecule has 0 saturated heterocycles. The molecule has 0 unspecified atom stereocenters. The fraction of sp³-hybridized carbons (Fsp3) is 0.500. The van der Waals surface area contributed by atoms with Crippen LogP contribution in [0.25, 0.3) is 0 Å². The molecule has 1 N–H and O–H groups in total. The molecule has 6 heteroatoms. The van der Waals surface area contributed by atoms with Crippen LogP contribution in [0, 0.1) is 0 Å². The monoisotopic (exact) mass is 298 g/mol. The van der Waals surface area contributed by atoms with Crippen LogP contribution in [0.5, 0.6) is 11.5 Å². The number of rotatable bonds is 6. The summed E-state index contributed by atoms with van der Waals surface area (Å²) in [5, 5.41) is 3.28. The Bertz CT molecular complexity index is 490. The number of benzene rings is 1. The number of hydrogen-bond donors (Lipinski definition) is 1. The summed E-state index contributed by atoms with van der Waals surface area (Å²) in [7, 11) is 0. The number of carbonyl (C=O) groups is 1. The van der Waals surface area contributed by atoms with Crippen LogP contribution < -0.4 is 14.8 Å². The van der Waals surface area contributed by atoms with Crippen LogP contribution in [-0.4, -0.2) is 43.8 Å². The SMILES string of the molecule is CCN(CC)CCNC(=O)c1cc(Cl)c2c(c1)OCO2. The molecule has 0 fully saturated rings. The molecule has 1 aliphatic rings. The van der Waals surface area contributed by atoms with Gasteiger partial charge in [-0.1, -0.05) is 25.4 Å². The third-order valence-electron chi connectivity index (χ3n) is 3.30. The second-order valence-corrected chi connectivity index (χ2v) is 4.88. The Balaban J connectivity index is 1.95. The highest BCUT2D eigenvalue weighted by Gasteiger charge is 2.20. The van der Waals surface area contributed by atoms with Crippen molar-refractivity contribution in [1.29, 1.82) is 0 Å². The zero-order valence-electron chi connectivity index (χ0n) is 11.7. The van der Waals surface area contributed by atoms with Crippen molar-refractivity contribution < 1.29 is 14.3 Å². The number of halogens is 1. The summed E-state index contributed by atoms with van der Waals surface area (Å²) < 4.78 is 10.5. The van der Waals surface area contributed by atoms with Gasteiger partial charge in [-0.3, -0.25) is 4.79 Å². The molecule has 1 amide bonds. The minimum atomic E-state index is -0.155. The Morgan fingerprint density at radius 2 is 2.10 bits per heavy atom. The third-order valence-corrected chi connectivity index (χ3v) is 3.58. The van der Waals surface area contributed by atoms with Gasteiger partial charge in [-0.25, -0.2) is 0 Å². The first-order chi connectivity index (χ1) is 9.65. The van der Waals surface area contributed by atoms with Crippen molar-refractivity contribution in [3.8, 4) is 11.5 Å². The summed E-state index contributed by atoms with van der Waals surface area (Å²) in [5.74, 6) is 0.870. The van der Waals surface area contributed by atoms with Gasteiger partial charge >= 0.3 is 0 Å². The van der Waals surface area contributed by atoms with Gasteiger partial charge in [0, 0.05) is 18.7 Å². The van der Waals surface area contributed by atoms with E-state index in [-0.39, 0.29) is 12.7 Å². The first kappa shape index (κ1) is 14.9. The molecule has 0 saturated carbocycles. The number of carbonyl (C=O) groups excluding carboxylic acids is 1. The van der Waals surface area contributed by atoms with E-state index in [1.165, 1.54) is 0 Å². The van der Waals surface area contributed by atoms with Crippen molar-refractivity contribution in [1.82, 2.24) is 10.2 Å². The zero-order valence-corrected chi connectivity index (χ0v) is 12.5. The highest BCUT2D eigenvalue weighted by Crippen LogP contribution is 2.39. The second-order valence-electron chi connectivity index (χ2n) is 4.47. The lowest BCUT2D eigenvalue weighted by atomic mass is 10.2. The predicted octanol–water partition coefficient (Wildman–Crippen LogP) is 2.14. The van der Waals surface area contributed by atoms with E-state index in [0.29, 0.717) is 28.6 Å². The molecular weight excluding hydrogens is 280 g/mol. The van der Waals surface area contributed by atoms with Crippen molar-refractivity contribution in [2.24, 2.45) is 0 Å². The molecule has 1 aromatic rings. The maximum Gasteiger partial charge on any atom is 0.251 e. The molecule has 0 aliphatic carbocycles. The molecule has 0 bridgehead atoms. The summed E-state index contributed by atoms with van der Waals surface area (Å²) in [6.07, 6.45) is 0. The smallest absolute Gasteiger partial charge is 0.251 e. The average molecular weight is 299 g/mol. The van der Waals surface area contributed by atoms with Crippen LogP contribution in [0.15, 0.2) is 12.1 Å². The van der Waals surface area contributed by atoms with E-state index < -0.39 is 0 Å². The number of nitrogens with one attached hydrogen (secondary N) is 1. The number of hydrogen-bond acceptors (Lipinski definition) is 4. The molecule has 0 radical (unpaired) electrons. The maximum absolute atomic E-state index is 12.1. The number of nitrogens with zero attached hydrogens (tertiary/aromatic N) is 1. The summed E-state index contributed by atoms with van der Waals surface area (Å²) in [6.45, 7) is 7.72. The van der Waals surface area contributed by atoms with Gasteiger partial charge in [-0.2, -0.15) is 0 Å². The van der Waals surface area contributed by atoms with Gasteiger partial charge < -0.3 is 19.7 Å². The van der Waals surface area contributed by atoms with Gasteiger partial charge in [0.05, 0.1) is 5.02 Å². The molecule has 1 aliphatic heterocycles. The normalized spacial score (nSPS) is 12.8. The Kier molecular flexibility index (Phi) is 5.09. The van der Waals surface area contributed by atoms with E-state index in [2.05, 4.69) is 24.1 Å². The Hall–Kier alpha value is -1.46. The van der Waals surface area contributed by atoms with Crippen molar-refractivity contribution in [2.75, 3.05) is 33.0 Å². The van der Waals surface area contributed by atoms with Crippen LogP contribution in [-0.2, 0) is 0 Å². The van der Waals surface area contributed by atoms with Gasteiger partial charge in [-0.05, 0) is 25.2 Å². The third kappa shape index (κ3) is 3.35. The molecule has 5 nitrogen and oxygen atoms in total. The molecule has 0 atom stereocenters. The summed E-state index contributed by atoms with van der Waals surface area (Å²) in [5.41, 5.74) is 0.485. The van der Waals surface area contributed by atoms with E-state index in [1.807, 2.05) is 0 Å². The predicted molar refractivity (Wildman–Crippen MR) is 77.7 cm³/mol. The Labute approximate surface area is 123 Å². The number of likely N-dealkylation sites (N-methyl/N-ethyl adjacent to an activating group) is 1. The summed E-state index contributed by atoms with van der Waals surface area (Å²) >= 11 is 6.06. The molecule has 2 rings (SSSR count). The van der Waals surface area contributed by atoms with E-state index in [0.717, 1.165) is 19.6 Å². The molecule has 20 heavy (non-hydrogen) atoms. The largest absolute Gasteiger partial charge is 0.454 e. The number of fused-ring (bicyclic) bond motifs is 1. The zero-order chi connectivity index (χ0) is 14.5. The first-order valence-corrected chi connectivity index (χ1v) is 7.13. The Morgan fingerprint density at radius 1 is 1.35 bits per heavy atom. The van der Waals surface area contributed by atoms with Gasteiger partial charge in [0.2, 0.25) is 6.79 Å². The minimum absolute atomic E-state index is 0.141. The molecular formula is C14H19ClN2O3. The standard InChI is InChI=1S/C14H19ClN2O3/c1-3-17(4-2)6-5-16-14(18)10-7-11(15)13-12(8-10)19-9-20-13/h7-8H,3-6,9H2,1-2H3,(H,16,18). The summed E-state index contributed by atoms with van der Waals surface area (Å²) in [6, 6.07) is 3.25. The van der Waals surface area contributed by atoms with Crippen molar-refractivity contribution >= 4 is 17.5 Å². The van der Waals surface area contributed by atoms with Crippen molar-refractivity contribution in [3.05, 3.63) is 22.7 Å². The second kappa shape index (κ2) is 6.81. The van der Waals surface area contributed by atoms with Gasteiger partial charge in [0.1, 0.15) is 0 Å². The number of amides is 1. The maximum atomic E-state index is 12.1. The fourth-order valence-corrected chi connectivity index (χ4v) is 2.33. The average Bonchev–Trinajstić information content (AvgIpc) is 2.92. The fourth-order valence-electron chi connectivity index (χ4n) is 2.07. The minimum Gasteiger partial charge on any atom is -0.454 e. The topological polar surface area (TPSA) is 50.8 Å². The Morgan fingerprint density at radius 3 is 2.80 bits per heavy atom. The van der Waals surface area contributed by atoms with Crippen LogP contribution in [0.1, 0.15) is 24.2 Å². The van der Waals surface area contributed by atoms with Crippen LogP contribution in [0.2, 0.25) is 5.02 Å². The molecule has 0 spiro atoms. The lowest BCUT2D eigenvalue weighted by molar-refractivity contribution is 0.0948. The van der Waals surface area contributed by atoms with E-state index in [9.17, 15) is 4.79 Å². The quantitative estimate of drug-likeness (QED) is 0.874. The van der Waals surface area contributed by atoms with Gasteiger partial charge in [0.15, 0.2) is 11.5 Å².